The number of aryl methyl sites for hydroxylation is 1. The van der Waals surface area contributed by atoms with Gasteiger partial charge in [0.25, 0.3) is 5.91 Å². The van der Waals surface area contributed by atoms with Crippen molar-refractivity contribution in [2.24, 2.45) is 0 Å². The Morgan fingerprint density at radius 2 is 1.89 bits per heavy atom. The van der Waals surface area contributed by atoms with E-state index >= 15 is 0 Å². The maximum absolute atomic E-state index is 13.1. The molecule has 0 aliphatic rings. The van der Waals surface area contributed by atoms with Gasteiger partial charge in [-0.25, -0.2) is 4.68 Å². The van der Waals surface area contributed by atoms with Crippen molar-refractivity contribution >= 4 is 28.4 Å². The molecule has 178 valence electrons. The molecular formula is C27H23N7O2. The summed E-state index contributed by atoms with van der Waals surface area (Å²) in [5, 5.41) is 22.3. The van der Waals surface area contributed by atoms with Gasteiger partial charge in [-0.05, 0) is 48.9 Å². The Labute approximate surface area is 206 Å². The molecule has 2 amide bonds. The molecule has 0 spiro atoms. The Balaban J connectivity index is 1.41. The molecule has 0 aliphatic carbocycles. The zero-order chi connectivity index (χ0) is 25.1. The highest BCUT2D eigenvalue weighted by Crippen LogP contribution is 2.29. The first-order valence-electron chi connectivity index (χ1n) is 11.3. The molecule has 0 bridgehead atoms. The number of benzene rings is 3. The quantitative estimate of drug-likeness (QED) is 0.304. The predicted octanol–water partition coefficient (Wildman–Crippen LogP) is 4.17. The van der Waals surface area contributed by atoms with Crippen molar-refractivity contribution in [2.75, 3.05) is 5.32 Å². The number of fused-ring (bicyclic) bond motifs is 1. The number of rotatable bonds is 7. The third-order valence-corrected chi connectivity index (χ3v) is 5.73. The lowest BCUT2D eigenvalue weighted by atomic mass is 10.0. The Kier molecular flexibility index (Phi) is 6.10. The molecule has 3 N–H and O–H groups in total. The van der Waals surface area contributed by atoms with Crippen molar-refractivity contribution in [1.82, 2.24) is 30.5 Å². The first-order valence-corrected chi connectivity index (χ1v) is 11.3. The summed E-state index contributed by atoms with van der Waals surface area (Å²) in [6.45, 7) is 5.68. The van der Waals surface area contributed by atoms with E-state index in [9.17, 15) is 9.59 Å². The maximum Gasteiger partial charge on any atom is 0.251 e. The fourth-order valence-electron chi connectivity index (χ4n) is 3.93. The first kappa shape index (κ1) is 22.7. The highest BCUT2D eigenvalue weighted by atomic mass is 16.2. The van der Waals surface area contributed by atoms with Crippen LogP contribution < -0.4 is 10.6 Å². The molecule has 5 aromatic rings. The summed E-state index contributed by atoms with van der Waals surface area (Å²) in [6.07, 6.45) is 2.96. The summed E-state index contributed by atoms with van der Waals surface area (Å²) in [7, 11) is 0. The largest absolute Gasteiger partial charge is 0.346 e. The lowest BCUT2D eigenvalue weighted by molar-refractivity contribution is -0.111. The second-order valence-corrected chi connectivity index (χ2v) is 8.23. The van der Waals surface area contributed by atoms with Gasteiger partial charge in [0.15, 0.2) is 0 Å². The predicted molar refractivity (Wildman–Crippen MR) is 138 cm³/mol. The minimum atomic E-state index is -0.377. The highest BCUT2D eigenvalue weighted by Gasteiger charge is 2.15. The molecule has 0 unspecified atom stereocenters. The van der Waals surface area contributed by atoms with Gasteiger partial charge in [0.05, 0.1) is 29.6 Å². The van der Waals surface area contributed by atoms with E-state index in [-0.39, 0.29) is 18.4 Å². The number of aromatic nitrogens is 5. The van der Waals surface area contributed by atoms with Crippen molar-refractivity contribution in [3.05, 3.63) is 102 Å². The molecule has 0 saturated heterocycles. The number of amides is 2. The molecule has 9 heteroatoms. The van der Waals surface area contributed by atoms with Gasteiger partial charge in [-0.1, -0.05) is 48.2 Å². The Bertz CT molecular complexity index is 1600. The molecule has 0 aliphatic heterocycles. The fraction of sp³-hybridized carbons (Fsp3) is 0.0741. The molecule has 0 fully saturated rings. The monoisotopic (exact) mass is 477 g/mol. The number of para-hydroxylation sites is 2. The van der Waals surface area contributed by atoms with Crippen molar-refractivity contribution in [1.29, 1.82) is 0 Å². The van der Waals surface area contributed by atoms with Crippen LogP contribution in [0.3, 0.4) is 0 Å². The summed E-state index contributed by atoms with van der Waals surface area (Å²) in [6, 6.07) is 20.7. The number of anilines is 1. The van der Waals surface area contributed by atoms with Crippen molar-refractivity contribution in [3.63, 3.8) is 0 Å². The second kappa shape index (κ2) is 9.67. The van der Waals surface area contributed by atoms with Gasteiger partial charge in [0.1, 0.15) is 5.69 Å². The van der Waals surface area contributed by atoms with Gasteiger partial charge >= 0.3 is 0 Å². The van der Waals surface area contributed by atoms with Crippen LogP contribution >= 0.6 is 0 Å². The molecule has 9 nitrogen and oxygen atoms in total. The van der Waals surface area contributed by atoms with Crippen molar-refractivity contribution < 1.29 is 9.59 Å². The van der Waals surface area contributed by atoms with E-state index in [0.29, 0.717) is 28.2 Å². The normalized spacial score (nSPS) is 10.8. The molecule has 0 atom stereocenters. The topological polar surface area (TPSA) is 118 Å². The van der Waals surface area contributed by atoms with Gasteiger partial charge in [0, 0.05) is 22.2 Å². The third kappa shape index (κ3) is 4.62. The molecule has 5 rings (SSSR count). The lowest BCUT2D eigenvalue weighted by Gasteiger charge is -2.10. The summed E-state index contributed by atoms with van der Waals surface area (Å²) in [5.74, 6) is -0.700. The Morgan fingerprint density at radius 3 is 2.72 bits per heavy atom. The molecule has 0 radical (unpaired) electrons. The van der Waals surface area contributed by atoms with Crippen LogP contribution in [0.5, 0.6) is 0 Å². The number of nitrogens with one attached hydrogen (secondary N) is 3. The van der Waals surface area contributed by atoms with Gasteiger partial charge < -0.3 is 10.6 Å². The molecule has 2 heterocycles. The van der Waals surface area contributed by atoms with Crippen LogP contribution in [0, 0.1) is 6.92 Å². The molecule has 3 aromatic carbocycles. The number of hydrogen-bond acceptors (Lipinski definition) is 5. The van der Waals surface area contributed by atoms with Crippen LogP contribution in [0.4, 0.5) is 5.69 Å². The number of aromatic amines is 1. The maximum atomic E-state index is 13.1. The molecule has 36 heavy (non-hydrogen) atoms. The van der Waals surface area contributed by atoms with Crippen molar-refractivity contribution in [3.8, 4) is 16.9 Å². The number of nitrogens with zero attached hydrogens (tertiary/aromatic N) is 4. The van der Waals surface area contributed by atoms with E-state index in [1.807, 2.05) is 55.5 Å². The van der Waals surface area contributed by atoms with Gasteiger partial charge in [-0.15, -0.1) is 5.10 Å². The van der Waals surface area contributed by atoms with Gasteiger partial charge in [-0.2, -0.15) is 5.10 Å². The number of carbonyl (C=O) groups is 2. The molecular weight excluding hydrogens is 454 g/mol. The standard InChI is InChI=1S/C27H23N7O2/c1-3-25(35)29-20-13-18(26-22-9-5-6-10-23(22)31-32-26)12-19(14-20)27(36)28-15-21-16-34(33-30-21)24-11-7-4-8-17(24)2/h3-14,16H,1,15H2,2H3,(H,28,36)(H,29,35)(H,31,32). The third-order valence-electron chi connectivity index (χ3n) is 5.73. The van der Waals surface area contributed by atoms with Gasteiger partial charge in [0.2, 0.25) is 5.91 Å². The molecule has 0 saturated carbocycles. The smallest absolute Gasteiger partial charge is 0.251 e. The average Bonchev–Trinajstić information content (AvgIpc) is 3.54. The lowest BCUT2D eigenvalue weighted by Crippen LogP contribution is -2.23. The minimum Gasteiger partial charge on any atom is -0.346 e. The Hall–Kier alpha value is -5.05. The van der Waals surface area contributed by atoms with Crippen LogP contribution in [0.25, 0.3) is 27.8 Å². The molecule has 2 aromatic heterocycles. The van der Waals surface area contributed by atoms with E-state index in [1.54, 1.807) is 29.1 Å². The van der Waals surface area contributed by atoms with Gasteiger partial charge in [-0.3, -0.25) is 14.7 Å². The first-order chi connectivity index (χ1) is 17.5. The summed E-state index contributed by atoms with van der Waals surface area (Å²) in [4.78, 5) is 25.1. The Morgan fingerprint density at radius 1 is 1.08 bits per heavy atom. The SMILES string of the molecule is C=CC(=O)Nc1cc(C(=O)NCc2cn(-c3ccccc3C)nn2)cc(-c2n[nH]c3ccccc23)c1. The zero-order valence-corrected chi connectivity index (χ0v) is 19.5. The minimum absolute atomic E-state index is 0.189. The van der Waals surface area contributed by atoms with E-state index < -0.39 is 0 Å². The van der Waals surface area contributed by atoms with E-state index in [4.69, 9.17) is 0 Å². The van der Waals surface area contributed by atoms with Crippen LogP contribution in [-0.4, -0.2) is 37.0 Å². The zero-order valence-electron chi connectivity index (χ0n) is 19.5. The average molecular weight is 478 g/mol. The summed E-state index contributed by atoms with van der Waals surface area (Å²) in [5.41, 5.74) is 5.65. The van der Waals surface area contributed by atoms with Crippen LogP contribution in [0.1, 0.15) is 21.6 Å². The van der Waals surface area contributed by atoms with Crippen LogP contribution in [0.15, 0.2) is 85.6 Å². The number of carbonyl (C=O) groups excluding carboxylic acids is 2. The van der Waals surface area contributed by atoms with Crippen LogP contribution in [0.2, 0.25) is 0 Å². The fourth-order valence-corrected chi connectivity index (χ4v) is 3.93. The van der Waals surface area contributed by atoms with Crippen LogP contribution in [-0.2, 0) is 11.3 Å². The second-order valence-electron chi connectivity index (χ2n) is 8.23. The van der Waals surface area contributed by atoms with E-state index in [0.717, 1.165) is 22.2 Å². The summed E-state index contributed by atoms with van der Waals surface area (Å²) < 4.78 is 1.68. The number of hydrogen-bond donors (Lipinski definition) is 3. The summed E-state index contributed by atoms with van der Waals surface area (Å²) >= 11 is 0. The van der Waals surface area contributed by atoms with E-state index in [1.165, 1.54) is 6.08 Å². The van der Waals surface area contributed by atoms with Crippen molar-refractivity contribution in [2.45, 2.75) is 13.5 Å². The number of H-pyrrole nitrogens is 1. The van der Waals surface area contributed by atoms with E-state index in [2.05, 4.69) is 37.7 Å². The highest BCUT2D eigenvalue weighted by molar-refractivity contribution is 6.03.